The molecule has 120 valence electrons. The minimum Gasteiger partial charge on any atom is -0.445 e. The van der Waals surface area contributed by atoms with Gasteiger partial charge in [0.15, 0.2) is 0 Å². The van der Waals surface area contributed by atoms with Crippen LogP contribution in [0.15, 0.2) is 30.3 Å². The Morgan fingerprint density at radius 3 is 2.73 bits per heavy atom. The molecule has 0 aliphatic carbocycles. The summed E-state index contributed by atoms with van der Waals surface area (Å²) in [4.78, 5) is 16.5. The summed E-state index contributed by atoms with van der Waals surface area (Å²) in [7, 11) is 0. The van der Waals surface area contributed by atoms with Crippen LogP contribution in [0, 0.1) is 5.92 Å². The first-order chi connectivity index (χ1) is 10.8. The first-order valence-electron chi connectivity index (χ1n) is 8.16. The monoisotopic (exact) mass is 303 g/mol. The van der Waals surface area contributed by atoms with E-state index in [4.69, 9.17) is 10.5 Å². The number of nitrogens with two attached hydrogens (primary N) is 1. The van der Waals surface area contributed by atoms with E-state index in [1.54, 1.807) is 0 Å². The van der Waals surface area contributed by atoms with Crippen LogP contribution in [0.1, 0.15) is 18.4 Å². The molecular formula is C17H25N3O2. The molecule has 0 bridgehead atoms. The predicted octanol–water partition coefficient (Wildman–Crippen LogP) is 1.68. The highest BCUT2D eigenvalue weighted by Gasteiger charge is 2.35. The molecule has 0 saturated carbocycles. The molecule has 1 amide bonds. The van der Waals surface area contributed by atoms with Crippen molar-refractivity contribution < 1.29 is 9.53 Å². The van der Waals surface area contributed by atoms with Crippen LogP contribution in [-0.4, -0.2) is 54.7 Å². The summed E-state index contributed by atoms with van der Waals surface area (Å²) in [6, 6.07) is 10.3. The van der Waals surface area contributed by atoms with E-state index in [9.17, 15) is 4.79 Å². The Kier molecular flexibility index (Phi) is 4.95. The Morgan fingerprint density at radius 2 is 2.00 bits per heavy atom. The Bertz CT molecular complexity index is 488. The maximum atomic E-state index is 12.2. The number of benzene rings is 1. The van der Waals surface area contributed by atoms with Crippen LogP contribution in [0.25, 0.3) is 0 Å². The SMILES string of the molecule is NCC1CN([C@H]2CCCN(C(=O)OCc3ccccc3)C2)C1. The van der Waals surface area contributed by atoms with Crippen molar-refractivity contribution in [3.63, 3.8) is 0 Å². The zero-order valence-electron chi connectivity index (χ0n) is 13.0. The van der Waals surface area contributed by atoms with Crippen molar-refractivity contribution in [1.29, 1.82) is 0 Å². The highest BCUT2D eigenvalue weighted by molar-refractivity contribution is 5.67. The molecule has 0 aromatic heterocycles. The maximum absolute atomic E-state index is 12.2. The highest BCUT2D eigenvalue weighted by Crippen LogP contribution is 2.24. The second-order valence-corrected chi connectivity index (χ2v) is 6.34. The van der Waals surface area contributed by atoms with Gasteiger partial charge in [0.1, 0.15) is 6.61 Å². The van der Waals surface area contributed by atoms with Crippen molar-refractivity contribution in [2.24, 2.45) is 11.7 Å². The van der Waals surface area contributed by atoms with Crippen LogP contribution in [0.4, 0.5) is 4.79 Å². The van der Waals surface area contributed by atoms with Gasteiger partial charge in [-0.2, -0.15) is 0 Å². The lowest BCUT2D eigenvalue weighted by Gasteiger charge is -2.47. The largest absolute Gasteiger partial charge is 0.445 e. The van der Waals surface area contributed by atoms with Crippen molar-refractivity contribution in [1.82, 2.24) is 9.80 Å². The Morgan fingerprint density at radius 1 is 1.23 bits per heavy atom. The first-order valence-corrected chi connectivity index (χ1v) is 8.16. The van der Waals surface area contributed by atoms with Crippen LogP contribution in [0.3, 0.4) is 0 Å². The van der Waals surface area contributed by atoms with E-state index in [1.165, 1.54) is 6.42 Å². The summed E-state index contributed by atoms with van der Waals surface area (Å²) >= 11 is 0. The number of rotatable bonds is 4. The molecule has 1 atom stereocenters. The molecule has 5 heteroatoms. The Labute approximate surface area is 132 Å². The van der Waals surface area contributed by atoms with Gasteiger partial charge in [-0.25, -0.2) is 4.79 Å². The van der Waals surface area contributed by atoms with Gasteiger partial charge in [-0.3, -0.25) is 4.90 Å². The van der Waals surface area contributed by atoms with E-state index in [2.05, 4.69) is 4.90 Å². The van der Waals surface area contributed by atoms with Crippen LogP contribution >= 0.6 is 0 Å². The third-order valence-corrected chi connectivity index (χ3v) is 4.69. The molecule has 1 aromatic rings. The number of ether oxygens (including phenoxy) is 1. The molecule has 0 spiro atoms. The first kappa shape index (κ1) is 15.3. The van der Waals surface area contributed by atoms with Crippen LogP contribution in [-0.2, 0) is 11.3 Å². The molecule has 2 heterocycles. The number of nitrogens with zero attached hydrogens (tertiary/aromatic N) is 2. The third-order valence-electron chi connectivity index (χ3n) is 4.69. The number of piperidine rings is 1. The topological polar surface area (TPSA) is 58.8 Å². The average molecular weight is 303 g/mol. The van der Waals surface area contributed by atoms with Crippen LogP contribution in [0.5, 0.6) is 0 Å². The van der Waals surface area contributed by atoms with Crippen molar-refractivity contribution >= 4 is 6.09 Å². The number of hydrogen-bond acceptors (Lipinski definition) is 4. The molecule has 1 aromatic carbocycles. The fourth-order valence-corrected chi connectivity index (χ4v) is 3.29. The minimum atomic E-state index is -0.190. The fraction of sp³-hybridized carbons (Fsp3) is 0.588. The summed E-state index contributed by atoms with van der Waals surface area (Å²) in [5.74, 6) is 0.639. The maximum Gasteiger partial charge on any atom is 0.410 e. The van der Waals surface area contributed by atoms with Gasteiger partial charge < -0.3 is 15.4 Å². The van der Waals surface area contributed by atoms with Gasteiger partial charge in [-0.15, -0.1) is 0 Å². The van der Waals surface area contributed by atoms with E-state index in [0.717, 1.165) is 44.7 Å². The van der Waals surface area contributed by atoms with Crippen LogP contribution in [0.2, 0.25) is 0 Å². The van der Waals surface area contributed by atoms with Crippen molar-refractivity contribution in [3.05, 3.63) is 35.9 Å². The normalized spacial score (nSPS) is 23.1. The summed E-state index contributed by atoms with van der Waals surface area (Å²) in [6.45, 7) is 4.86. The Balaban J connectivity index is 1.46. The molecule has 2 saturated heterocycles. The molecule has 5 nitrogen and oxygen atoms in total. The van der Waals surface area contributed by atoms with Crippen LogP contribution < -0.4 is 5.73 Å². The van der Waals surface area contributed by atoms with E-state index in [-0.39, 0.29) is 6.09 Å². The molecule has 2 N–H and O–H groups in total. The predicted molar refractivity (Wildman–Crippen MR) is 85.3 cm³/mol. The van der Waals surface area contributed by atoms with Crippen molar-refractivity contribution in [3.8, 4) is 0 Å². The van der Waals surface area contributed by atoms with Gasteiger partial charge in [0, 0.05) is 32.2 Å². The van der Waals surface area contributed by atoms with Crippen molar-refractivity contribution in [2.45, 2.75) is 25.5 Å². The van der Waals surface area contributed by atoms with E-state index < -0.39 is 0 Å². The van der Waals surface area contributed by atoms with E-state index in [1.807, 2.05) is 35.2 Å². The molecule has 22 heavy (non-hydrogen) atoms. The third kappa shape index (κ3) is 3.59. The lowest BCUT2D eigenvalue weighted by Crippen LogP contribution is -2.59. The fourth-order valence-electron chi connectivity index (χ4n) is 3.29. The van der Waals surface area contributed by atoms with E-state index >= 15 is 0 Å². The molecule has 2 fully saturated rings. The van der Waals surface area contributed by atoms with Crippen molar-refractivity contribution in [2.75, 3.05) is 32.7 Å². The quantitative estimate of drug-likeness (QED) is 0.919. The smallest absolute Gasteiger partial charge is 0.410 e. The second-order valence-electron chi connectivity index (χ2n) is 6.34. The molecule has 3 rings (SSSR count). The lowest BCUT2D eigenvalue weighted by molar-refractivity contribution is 0.0121. The number of amides is 1. The number of carbonyl (C=O) groups excluding carboxylic acids is 1. The zero-order valence-corrected chi connectivity index (χ0v) is 13.0. The lowest BCUT2D eigenvalue weighted by atomic mass is 9.94. The molecule has 2 aliphatic rings. The highest BCUT2D eigenvalue weighted by atomic mass is 16.6. The summed E-state index contributed by atoms with van der Waals surface area (Å²) < 4.78 is 5.44. The van der Waals surface area contributed by atoms with Gasteiger partial charge in [0.2, 0.25) is 0 Å². The molecule has 0 radical (unpaired) electrons. The summed E-state index contributed by atoms with van der Waals surface area (Å²) in [6.07, 6.45) is 2.03. The molecule has 0 unspecified atom stereocenters. The minimum absolute atomic E-state index is 0.190. The zero-order chi connectivity index (χ0) is 15.4. The number of carbonyl (C=O) groups is 1. The van der Waals surface area contributed by atoms with E-state index in [0.29, 0.717) is 18.6 Å². The summed E-state index contributed by atoms with van der Waals surface area (Å²) in [5.41, 5.74) is 6.71. The second kappa shape index (κ2) is 7.11. The number of hydrogen-bond donors (Lipinski definition) is 1. The van der Waals surface area contributed by atoms with Gasteiger partial charge >= 0.3 is 6.09 Å². The standard InChI is InChI=1S/C17H25N3O2/c18-9-15-10-20(11-15)16-7-4-8-19(12-16)17(21)22-13-14-5-2-1-3-6-14/h1-3,5-6,15-16H,4,7-13,18H2/t16-/m0/s1. The number of likely N-dealkylation sites (tertiary alicyclic amines) is 2. The van der Waals surface area contributed by atoms with Gasteiger partial charge in [-0.1, -0.05) is 30.3 Å². The molecule has 2 aliphatic heterocycles. The average Bonchev–Trinajstić information content (AvgIpc) is 2.53. The summed E-state index contributed by atoms with van der Waals surface area (Å²) in [5, 5.41) is 0. The van der Waals surface area contributed by atoms with Gasteiger partial charge in [-0.05, 0) is 30.9 Å². The Hall–Kier alpha value is -1.59. The molecular weight excluding hydrogens is 278 g/mol. The van der Waals surface area contributed by atoms with Gasteiger partial charge in [0.25, 0.3) is 0 Å². The van der Waals surface area contributed by atoms with Gasteiger partial charge in [0.05, 0.1) is 0 Å².